The number of nitriles is 1. The smallest absolute Gasteiger partial charge is 0.339 e. The zero-order valence-electron chi connectivity index (χ0n) is 18.5. The molecule has 1 amide bonds. The molecule has 1 heterocycles. The lowest BCUT2D eigenvalue weighted by molar-refractivity contribution is -0.124. The predicted molar refractivity (Wildman–Crippen MR) is 127 cm³/mol. The van der Waals surface area contributed by atoms with Gasteiger partial charge in [-0.05, 0) is 47.6 Å². The quantitative estimate of drug-likeness (QED) is 0.450. The molecule has 33 heavy (non-hydrogen) atoms. The van der Waals surface area contributed by atoms with E-state index in [4.69, 9.17) is 15.0 Å². The van der Waals surface area contributed by atoms with Gasteiger partial charge in [0, 0.05) is 11.9 Å². The van der Waals surface area contributed by atoms with Crippen LogP contribution in [0.1, 0.15) is 46.9 Å². The number of esters is 1. The van der Waals surface area contributed by atoms with Gasteiger partial charge in [0.25, 0.3) is 5.91 Å². The van der Waals surface area contributed by atoms with Crippen LogP contribution in [0.5, 0.6) is 0 Å². The molecule has 0 bridgehead atoms. The number of benzene rings is 2. The first kappa shape index (κ1) is 22.2. The molecule has 1 aromatic heterocycles. The van der Waals surface area contributed by atoms with Crippen LogP contribution < -0.4 is 5.32 Å². The van der Waals surface area contributed by atoms with E-state index in [0.29, 0.717) is 17.9 Å². The summed E-state index contributed by atoms with van der Waals surface area (Å²) in [4.78, 5) is 30.2. The molecule has 1 unspecified atom stereocenters. The summed E-state index contributed by atoms with van der Waals surface area (Å²) in [6.07, 6.45) is 3.91. The third kappa shape index (κ3) is 5.09. The van der Waals surface area contributed by atoms with Gasteiger partial charge in [0.05, 0.1) is 29.3 Å². The van der Waals surface area contributed by atoms with E-state index in [1.54, 1.807) is 0 Å². The summed E-state index contributed by atoms with van der Waals surface area (Å²) in [5.41, 5.74) is 5.05. The van der Waals surface area contributed by atoms with Gasteiger partial charge in [-0.2, -0.15) is 5.26 Å². The molecule has 3 aromatic rings. The first-order valence-corrected chi connectivity index (χ1v) is 11.0. The fourth-order valence-corrected chi connectivity index (χ4v) is 4.23. The maximum absolute atomic E-state index is 13.2. The van der Waals surface area contributed by atoms with Crippen LogP contribution in [0.15, 0.2) is 54.6 Å². The molecule has 0 saturated heterocycles. The monoisotopic (exact) mass is 439 g/mol. The van der Waals surface area contributed by atoms with E-state index >= 15 is 0 Å². The normalized spacial score (nSPS) is 16.1. The van der Waals surface area contributed by atoms with Crippen molar-refractivity contribution in [3.63, 3.8) is 0 Å². The highest BCUT2D eigenvalue weighted by Crippen LogP contribution is 2.38. The maximum Gasteiger partial charge on any atom is 0.339 e. The maximum atomic E-state index is 13.2. The van der Waals surface area contributed by atoms with Crippen LogP contribution >= 0.6 is 0 Å². The molecule has 166 valence electrons. The van der Waals surface area contributed by atoms with Gasteiger partial charge in [-0.15, -0.1) is 0 Å². The topological polar surface area (TPSA) is 92.1 Å². The number of carbonyl (C=O) groups is 2. The summed E-state index contributed by atoms with van der Waals surface area (Å²) in [5, 5.41) is 11.9. The summed E-state index contributed by atoms with van der Waals surface area (Å²) in [6, 6.07) is 19.6. The van der Waals surface area contributed by atoms with Gasteiger partial charge in [-0.1, -0.05) is 55.5 Å². The molecular formula is C27H25N3O3. The van der Waals surface area contributed by atoms with Crippen LogP contribution in [-0.2, 0) is 16.0 Å². The number of nitrogens with zero attached hydrogens (tertiary/aromatic N) is 2. The molecular weight excluding hydrogens is 414 g/mol. The van der Waals surface area contributed by atoms with Crippen LogP contribution in [0.3, 0.4) is 0 Å². The van der Waals surface area contributed by atoms with Crippen molar-refractivity contribution >= 4 is 34.4 Å². The van der Waals surface area contributed by atoms with E-state index in [2.05, 4.69) is 18.3 Å². The van der Waals surface area contributed by atoms with E-state index in [1.165, 1.54) is 0 Å². The zero-order valence-corrected chi connectivity index (χ0v) is 18.5. The Morgan fingerprint density at radius 1 is 1.15 bits per heavy atom. The number of nitrogens with one attached hydrogen (secondary N) is 1. The summed E-state index contributed by atoms with van der Waals surface area (Å²) in [5.74, 6) is -0.631. The number of aromatic nitrogens is 1. The van der Waals surface area contributed by atoms with E-state index < -0.39 is 18.5 Å². The lowest BCUT2D eigenvalue weighted by Gasteiger charge is -2.26. The minimum atomic E-state index is -0.534. The van der Waals surface area contributed by atoms with Crippen LogP contribution in [0.25, 0.3) is 22.6 Å². The first-order valence-electron chi connectivity index (χ1n) is 11.0. The van der Waals surface area contributed by atoms with Gasteiger partial charge in [-0.3, -0.25) is 4.79 Å². The fraction of sp³-hybridized carbons (Fsp3) is 0.259. The number of hydrogen-bond donors (Lipinski definition) is 1. The molecule has 1 N–H and O–H groups in total. The highest BCUT2D eigenvalue weighted by Gasteiger charge is 2.29. The summed E-state index contributed by atoms with van der Waals surface area (Å²) in [6.45, 7) is 2.00. The Morgan fingerprint density at radius 2 is 1.91 bits per heavy atom. The molecule has 0 fully saturated rings. The Labute approximate surface area is 192 Å². The molecule has 1 aliphatic carbocycles. The Kier molecular flexibility index (Phi) is 6.80. The Morgan fingerprint density at radius 3 is 2.70 bits per heavy atom. The first-order chi connectivity index (χ1) is 16.1. The van der Waals surface area contributed by atoms with Crippen molar-refractivity contribution in [1.82, 2.24) is 10.3 Å². The summed E-state index contributed by atoms with van der Waals surface area (Å²) < 4.78 is 5.40. The second-order valence-electron chi connectivity index (χ2n) is 8.26. The molecule has 4 rings (SSSR count). The van der Waals surface area contributed by atoms with Crippen LogP contribution in [0.4, 0.5) is 0 Å². The average Bonchev–Trinajstić information content (AvgIpc) is 2.82. The van der Waals surface area contributed by atoms with Gasteiger partial charge in [0.1, 0.15) is 0 Å². The van der Waals surface area contributed by atoms with Crippen molar-refractivity contribution in [3.05, 3.63) is 77.0 Å². The van der Waals surface area contributed by atoms with Gasteiger partial charge < -0.3 is 10.1 Å². The molecule has 6 nitrogen and oxygen atoms in total. The number of rotatable bonds is 6. The van der Waals surface area contributed by atoms with Crippen molar-refractivity contribution in [1.29, 1.82) is 5.26 Å². The molecule has 1 atom stereocenters. The summed E-state index contributed by atoms with van der Waals surface area (Å²) in [7, 11) is 0. The van der Waals surface area contributed by atoms with Crippen LogP contribution in [0, 0.1) is 17.2 Å². The number of allylic oxidation sites excluding steroid dienone is 1. The van der Waals surface area contributed by atoms with Crippen LogP contribution in [-0.4, -0.2) is 30.0 Å². The van der Waals surface area contributed by atoms with Crippen molar-refractivity contribution in [3.8, 4) is 6.07 Å². The van der Waals surface area contributed by atoms with Gasteiger partial charge in [-0.25, -0.2) is 9.78 Å². The fourth-order valence-electron chi connectivity index (χ4n) is 4.23. The number of fused-ring (bicyclic) bond motifs is 2. The van der Waals surface area contributed by atoms with Crippen molar-refractivity contribution in [2.45, 2.75) is 26.2 Å². The lowest BCUT2D eigenvalue weighted by atomic mass is 9.80. The third-order valence-electron chi connectivity index (χ3n) is 5.66. The number of pyridine rings is 1. The molecule has 0 aliphatic heterocycles. The summed E-state index contributed by atoms with van der Waals surface area (Å²) >= 11 is 0. The molecule has 6 heteroatoms. The van der Waals surface area contributed by atoms with Gasteiger partial charge in [0.2, 0.25) is 0 Å². The lowest BCUT2D eigenvalue weighted by Crippen LogP contribution is -2.30. The minimum Gasteiger partial charge on any atom is -0.452 e. The Bertz CT molecular complexity index is 1260. The van der Waals surface area contributed by atoms with Crippen molar-refractivity contribution in [2.75, 3.05) is 13.2 Å². The predicted octanol–water partition coefficient (Wildman–Crippen LogP) is 4.54. The van der Waals surface area contributed by atoms with Gasteiger partial charge in [0.15, 0.2) is 6.61 Å². The molecule has 0 saturated carbocycles. The third-order valence-corrected chi connectivity index (χ3v) is 5.66. The number of carbonyl (C=O) groups excluding carboxylic acids is 2. The zero-order chi connectivity index (χ0) is 23.2. The van der Waals surface area contributed by atoms with Crippen LogP contribution in [0.2, 0.25) is 0 Å². The van der Waals surface area contributed by atoms with E-state index in [1.807, 2.05) is 60.7 Å². The number of amides is 1. The Hall–Kier alpha value is -3.98. The van der Waals surface area contributed by atoms with E-state index in [0.717, 1.165) is 39.7 Å². The number of hydrogen-bond acceptors (Lipinski definition) is 5. The highest BCUT2D eigenvalue weighted by molar-refractivity contribution is 6.07. The van der Waals surface area contributed by atoms with Crippen molar-refractivity contribution < 1.29 is 14.3 Å². The highest BCUT2D eigenvalue weighted by atomic mass is 16.5. The van der Waals surface area contributed by atoms with Gasteiger partial charge >= 0.3 is 5.97 Å². The second kappa shape index (κ2) is 10.1. The van der Waals surface area contributed by atoms with Crippen molar-refractivity contribution in [2.24, 2.45) is 5.92 Å². The second-order valence-corrected chi connectivity index (χ2v) is 8.26. The van der Waals surface area contributed by atoms with E-state index in [-0.39, 0.29) is 13.0 Å². The average molecular weight is 440 g/mol. The number of para-hydroxylation sites is 1. The molecule has 2 aromatic carbocycles. The van der Waals surface area contributed by atoms with E-state index in [9.17, 15) is 9.59 Å². The Balaban J connectivity index is 1.73. The SMILES string of the molecule is CC1C/C(=C\c2ccccc2)c2nc3ccccc3c(C(=O)OCC(=O)NCCC#N)c2C1. The standard InChI is InChI=1S/C27H25N3O3/c1-18-14-20(16-19-8-3-2-4-9-19)26-22(15-18)25(21-10-5-6-11-23(21)30-26)27(32)33-17-24(31)29-13-7-12-28/h2-6,8-11,16,18H,7,13-15,17H2,1H3,(H,29,31)/b20-16+. The number of ether oxygens (including phenoxy) is 1. The largest absolute Gasteiger partial charge is 0.452 e. The molecule has 0 spiro atoms. The molecule has 0 radical (unpaired) electrons. The molecule has 1 aliphatic rings. The minimum absolute atomic E-state index is 0.205.